The number of carboxylic acids is 1. The Morgan fingerprint density at radius 2 is 2.17 bits per heavy atom. The minimum absolute atomic E-state index is 0.144. The van der Waals surface area contributed by atoms with E-state index in [1.165, 1.54) is 35.1 Å². The molecular formula is C15H18N2O5S2. The first kappa shape index (κ1) is 17.2. The van der Waals surface area contributed by atoms with Crippen molar-refractivity contribution >= 4 is 40.9 Å². The molecule has 2 aliphatic heterocycles. The summed E-state index contributed by atoms with van der Waals surface area (Å²) in [7, 11) is 1.35. The molecule has 0 spiro atoms. The fourth-order valence-corrected chi connectivity index (χ4v) is 5.55. The second-order valence-electron chi connectivity index (χ2n) is 6.32. The number of nitrogens with one attached hydrogen (secondary N) is 1. The SMILES string of the molecule is CO[C@]1(NC(=O)Cc2ccsc2)C(=O)N2[C@@H](C(=O)O)C(C)(C)S[C@@H]21. The van der Waals surface area contributed by atoms with Crippen LogP contribution in [0.3, 0.4) is 0 Å². The number of carbonyl (C=O) groups is 3. The molecule has 24 heavy (non-hydrogen) atoms. The molecule has 2 fully saturated rings. The Kier molecular flexibility index (Phi) is 4.13. The van der Waals surface area contributed by atoms with Crippen LogP contribution in [0.1, 0.15) is 19.4 Å². The summed E-state index contributed by atoms with van der Waals surface area (Å²) in [6.45, 7) is 3.55. The smallest absolute Gasteiger partial charge is 0.327 e. The summed E-state index contributed by atoms with van der Waals surface area (Å²) in [6, 6.07) is 0.893. The number of thioether (sulfide) groups is 1. The molecule has 3 atom stereocenters. The van der Waals surface area contributed by atoms with Gasteiger partial charge >= 0.3 is 5.97 Å². The fraction of sp³-hybridized carbons (Fsp3) is 0.533. The quantitative estimate of drug-likeness (QED) is 0.590. The van der Waals surface area contributed by atoms with E-state index >= 15 is 0 Å². The Bertz CT molecular complexity index is 690. The highest BCUT2D eigenvalue weighted by Crippen LogP contribution is 2.55. The van der Waals surface area contributed by atoms with Crippen molar-refractivity contribution in [2.75, 3.05) is 7.11 Å². The number of methoxy groups -OCH3 is 1. The van der Waals surface area contributed by atoms with Crippen molar-refractivity contribution in [1.29, 1.82) is 0 Å². The van der Waals surface area contributed by atoms with E-state index in [1.54, 1.807) is 13.8 Å². The van der Waals surface area contributed by atoms with E-state index in [1.807, 2.05) is 16.8 Å². The van der Waals surface area contributed by atoms with Gasteiger partial charge in [-0.15, -0.1) is 11.8 Å². The average molecular weight is 370 g/mol. The van der Waals surface area contributed by atoms with Crippen LogP contribution in [0, 0.1) is 0 Å². The first-order valence-corrected chi connectivity index (χ1v) is 9.16. The van der Waals surface area contributed by atoms with Crippen LogP contribution in [-0.2, 0) is 25.5 Å². The first-order chi connectivity index (χ1) is 11.2. The van der Waals surface area contributed by atoms with Crippen LogP contribution in [-0.4, -0.2) is 56.8 Å². The monoisotopic (exact) mass is 370 g/mol. The van der Waals surface area contributed by atoms with Gasteiger partial charge in [0.2, 0.25) is 5.91 Å². The Morgan fingerprint density at radius 3 is 2.71 bits per heavy atom. The fourth-order valence-electron chi connectivity index (χ4n) is 3.21. The highest BCUT2D eigenvalue weighted by atomic mass is 32.2. The van der Waals surface area contributed by atoms with Gasteiger partial charge in [0.1, 0.15) is 11.4 Å². The van der Waals surface area contributed by atoms with Gasteiger partial charge in [0.15, 0.2) is 0 Å². The number of aliphatic carboxylic acids is 1. The zero-order valence-electron chi connectivity index (χ0n) is 13.4. The topological polar surface area (TPSA) is 95.9 Å². The molecule has 1 aromatic rings. The van der Waals surface area contributed by atoms with E-state index < -0.39 is 33.8 Å². The minimum atomic E-state index is -1.50. The van der Waals surface area contributed by atoms with E-state index in [0.29, 0.717) is 0 Å². The van der Waals surface area contributed by atoms with E-state index in [-0.39, 0.29) is 12.3 Å². The number of hydrogen-bond acceptors (Lipinski definition) is 6. The van der Waals surface area contributed by atoms with Crippen LogP contribution in [0.4, 0.5) is 0 Å². The van der Waals surface area contributed by atoms with E-state index in [9.17, 15) is 19.5 Å². The normalized spacial score (nSPS) is 30.6. The predicted octanol–water partition coefficient (Wildman–Crippen LogP) is 0.896. The maximum atomic E-state index is 12.6. The molecule has 7 nitrogen and oxygen atoms in total. The third-order valence-corrected chi connectivity index (χ3v) is 6.68. The van der Waals surface area contributed by atoms with Crippen LogP contribution < -0.4 is 5.32 Å². The Morgan fingerprint density at radius 1 is 1.46 bits per heavy atom. The van der Waals surface area contributed by atoms with E-state index in [0.717, 1.165) is 5.56 Å². The highest BCUT2D eigenvalue weighted by molar-refractivity contribution is 8.01. The zero-order valence-corrected chi connectivity index (χ0v) is 15.1. The van der Waals surface area contributed by atoms with Crippen molar-refractivity contribution in [3.63, 3.8) is 0 Å². The van der Waals surface area contributed by atoms with Gasteiger partial charge in [-0.1, -0.05) is 0 Å². The van der Waals surface area contributed by atoms with Crippen LogP contribution in [0.2, 0.25) is 0 Å². The van der Waals surface area contributed by atoms with E-state index in [2.05, 4.69) is 5.32 Å². The molecule has 2 amide bonds. The number of carbonyl (C=O) groups excluding carboxylic acids is 2. The average Bonchev–Trinajstić information content (AvgIpc) is 3.08. The van der Waals surface area contributed by atoms with Gasteiger partial charge in [0, 0.05) is 11.9 Å². The maximum Gasteiger partial charge on any atom is 0.327 e. The molecule has 0 bridgehead atoms. The number of rotatable bonds is 5. The summed E-state index contributed by atoms with van der Waals surface area (Å²) in [4.78, 5) is 37.8. The molecule has 130 valence electrons. The van der Waals surface area contributed by atoms with Gasteiger partial charge < -0.3 is 20.1 Å². The number of hydrogen-bond donors (Lipinski definition) is 2. The third kappa shape index (κ3) is 2.42. The largest absolute Gasteiger partial charge is 0.480 e. The molecule has 0 saturated carbocycles. The number of nitrogens with zero attached hydrogens (tertiary/aromatic N) is 1. The van der Waals surface area contributed by atoms with Crippen LogP contribution in [0.25, 0.3) is 0 Å². The standard InChI is InChI=1S/C15H18N2O5S2/c1-14(2)10(11(19)20)17-12(21)15(22-3,13(17)24-14)16-9(18)6-8-4-5-23-7-8/h4-5,7,10,13H,6H2,1-3H3,(H,16,18)(H,19,20)/t10-,13+,15+/m0/s1. The molecule has 0 radical (unpaired) electrons. The lowest BCUT2D eigenvalue weighted by Crippen LogP contribution is -2.80. The third-order valence-electron chi connectivity index (χ3n) is 4.33. The molecule has 9 heteroatoms. The van der Waals surface area contributed by atoms with Crippen LogP contribution in [0.15, 0.2) is 16.8 Å². The van der Waals surface area contributed by atoms with Crippen LogP contribution >= 0.6 is 23.1 Å². The molecule has 2 saturated heterocycles. The molecular weight excluding hydrogens is 352 g/mol. The number of fused-ring (bicyclic) bond motifs is 1. The van der Waals surface area contributed by atoms with Gasteiger partial charge in [0.05, 0.1) is 6.42 Å². The Labute approximate surface area is 147 Å². The number of thiophene rings is 1. The van der Waals surface area contributed by atoms with Crippen molar-refractivity contribution in [3.8, 4) is 0 Å². The lowest BCUT2D eigenvalue weighted by atomic mass is 9.93. The lowest BCUT2D eigenvalue weighted by Gasteiger charge is -2.51. The minimum Gasteiger partial charge on any atom is -0.480 e. The van der Waals surface area contributed by atoms with Crippen molar-refractivity contribution < 1.29 is 24.2 Å². The maximum absolute atomic E-state index is 12.6. The number of β-lactam (4-membered cyclic amide) rings is 1. The molecule has 0 aliphatic carbocycles. The molecule has 0 aromatic carbocycles. The molecule has 2 aliphatic rings. The van der Waals surface area contributed by atoms with Gasteiger partial charge in [-0.2, -0.15) is 11.3 Å². The van der Waals surface area contributed by atoms with Crippen molar-refractivity contribution in [1.82, 2.24) is 10.2 Å². The summed E-state index contributed by atoms with van der Waals surface area (Å²) in [5.74, 6) is -1.91. The number of amides is 2. The van der Waals surface area contributed by atoms with Gasteiger partial charge in [0.25, 0.3) is 11.6 Å². The predicted molar refractivity (Wildman–Crippen MR) is 89.6 cm³/mol. The van der Waals surface area contributed by atoms with E-state index in [4.69, 9.17) is 4.74 Å². The zero-order chi connectivity index (χ0) is 17.7. The van der Waals surface area contributed by atoms with Crippen molar-refractivity contribution in [2.24, 2.45) is 0 Å². The molecule has 3 rings (SSSR count). The van der Waals surface area contributed by atoms with Gasteiger partial charge in [-0.3, -0.25) is 9.59 Å². The second kappa shape index (κ2) is 5.75. The second-order valence-corrected chi connectivity index (χ2v) is 8.84. The van der Waals surface area contributed by atoms with Crippen molar-refractivity contribution in [2.45, 2.75) is 42.2 Å². The summed E-state index contributed by atoms with van der Waals surface area (Å²) in [5.41, 5.74) is -0.644. The molecule has 1 aromatic heterocycles. The summed E-state index contributed by atoms with van der Waals surface area (Å²) < 4.78 is 4.70. The lowest BCUT2D eigenvalue weighted by molar-refractivity contribution is -0.201. The van der Waals surface area contributed by atoms with Crippen molar-refractivity contribution in [3.05, 3.63) is 22.4 Å². The summed E-state index contributed by atoms with van der Waals surface area (Å²) in [5, 5.41) is 15.3. The van der Waals surface area contributed by atoms with Crippen LogP contribution in [0.5, 0.6) is 0 Å². The highest BCUT2D eigenvalue weighted by Gasteiger charge is 2.73. The molecule has 2 N–H and O–H groups in total. The summed E-state index contributed by atoms with van der Waals surface area (Å²) in [6.07, 6.45) is 0.144. The number of ether oxygens (including phenoxy) is 1. The Hall–Kier alpha value is -1.58. The molecule has 0 unspecified atom stereocenters. The van der Waals surface area contributed by atoms with Gasteiger partial charge in [-0.05, 0) is 36.2 Å². The van der Waals surface area contributed by atoms with Gasteiger partial charge in [-0.25, -0.2) is 4.79 Å². The first-order valence-electron chi connectivity index (χ1n) is 7.33. The molecule has 3 heterocycles. The number of carboxylic acid groups (broad SMARTS) is 1. The summed E-state index contributed by atoms with van der Waals surface area (Å²) >= 11 is 2.81. The Balaban J connectivity index is 1.81.